The number of carbonyl (C=O) groups excluding carboxylic acids is 2. The van der Waals surface area contributed by atoms with Crippen molar-refractivity contribution in [3.63, 3.8) is 0 Å². The molecule has 0 aliphatic rings. The van der Waals surface area contributed by atoms with Crippen LogP contribution in [0.2, 0.25) is 0 Å². The van der Waals surface area contributed by atoms with Crippen molar-refractivity contribution in [1.82, 2.24) is 9.80 Å². The molecular formula is C42H54N2O2. The van der Waals surface area contributed by atoms with E-state index in [1.54, 1.807) is 0 Å². The van der Waals surface area contributed by atoms with E-state index < -0.39 is 10.8 Å². The summed E-state index contributed by atoms with van der Waals surface area (Å²) in [5.41, 5.74) is 3.19. The molecule has 4 aromatic rings. The van der Waals surface area contributed by atoms with Gasteiger partial charge in [-0.25, -0.2) is 0 Å². The Bertz CT molecular complexity index is 1270. The maximum Gasteiger partial charge on any atom is 0.147 e. The van der Waals surface area contributed by atoms with Gasteiger partial charge >= 0.3 is 0 Å². The lowest BCUT2D eigenvalue weighted by atomic mass is 9.67. The zero-order valence-corrected chi connectivity index (χ0v) is 29.2. The zero-order chi connectivity index (χ0) is 33.7. The van der Waals surface area contributed by atoms with E-state index in [2.05, 4.69) is 100 Å². The van der Waals surface area contributed by atoms with Crippen molar-refractivity contribution < 1.29 is 9.59 Å². The number of nitrogens with zero attached hydrogens (tertiary/aromatic N) is 2. The Balaban J connectivity index is 0.000000250. The van der Waals surface area contributed by atoms with Crippen molar-refractivity contribution in [2.45, 2.75) is 76.3 Å². The van der Waals surface area contributed by atoms with E-state index in [0.29, 0.717) is 24.9 Å². The van der Waals surface area contributed by atoms with Crippen LogP contribution in [0.15, 0.2) is 121 Å². The predicted octanol–water partition coefficient (Wildman–Crippen LogP) is 8.58. The van der Waals surface area contributed by atoms with E-state index in [9.17, 15) is 9.59 Å². The average Bonchev–Trinajstić information content (AvgIpc) is 3.10. The SMILES string of the molecule is CCC(=O)C(C[C@@H](C)N(C)C)(c1ccccc1)c1ccccc1.CCC(=O)C(C[C@@H](C)N(C)C)(c1ccccc1)c1ccccc1. The molecule has 0 aromatic heterocycles. The van der Waals surface area contributed by atoms with Crippen molar-refractivity contribution >= 4 is 11.6 Å². The van der Waals surface area contributed by atoms with Crippen LogP contribution in [0.25, 0.3) is 0 Å². The average molecular weight is 619 g/mol. The molecule has 0 fully saturated rings. The van der Waals surface area contributed by atoms with Crippen LogP contribution in [0.4, 0.5) is 0 Å². The number of Topliss-reactive ketones (excluding diaryl/α,β-unsaturated/α-hetero) is 2. The Labute approximate surface area is 278 Å². The molecule has 244 valence electrons. The van der Waals surface area contributed by atoms with Crippen LogP contribution >= 0.6 is 0 Å². The normalized spacial score (nSPS) is 13.1. The van der Waals surface area contributed by atoms with E-state index >= 15 is 0 Å². The highest BCUT2D eigenvalue weighted by Gasteiger charge is 2.43. The molecule has 4 aromatic carbocycles. The van der Waals surface area contributed by atoms with Gasteiger partial charge < -0.3 is 9.80 Å². The van der Waals surface area contributed by atoms with E-state index in [0.717, 1.165) is 35.1 Å². The predicted molar refractivity (Wildman–Crippen MR) is 193 cm³/mol. The van der Waals surface area contributed by atoms with E-state index in [1.165, 1.54) is 0 Å². The van der Waals surface area contributed by atoms with Gasteiger partial charge in [-0.05, 0) is 77.1 Å². The van der Waals surface area contributed by atoms with Crippen LogP contribution in [0.3, 0.4) is 0 Å². The van der Waals surface area contributed by atoms with Crippen molar-refractivity contribution in [3.8, 4) is 0 Å². The molecule has 2 atom stereocenters. The van der Waals surface area contributed by atoms with Gasteiger partial charge in [0.15, 0.2) is 0 Å². The van der Waals surface area contributed by atoms with Crippen molar-refractivity contribution in [1.29, 1.82) is 0 Å². The van der Waals surface area contributed by atoms with E-state index in [4.69, 9.17) is 0 Å². The highest BCUT2D eigenvalue weighted by atomic mass is 16.1. The maximum atomic E-state index is 13.2. The standard InChI is InChI=1S/2C21H27NO/c2*1-5-20(23)21(16-17(2)22(3)4,18-12-8-6-9-13-18)19-14-10-7-11-15-19/h2*6-15,17H,5,16H2,1-4H3/t2*17-/m11/s1. The fourth-order valence-corrected chi connectivity index (χ4v) is 6.42. The molecule has 0 bridgehead atoms. The zero-order valence-electron chi connectivity index (χ0n) is 29.2. The molecule has 0 spiro atoms. The maximum absolute atomic E-state index is 13.2. The van der Waals surface area contributed by atoms with Crippen LogP contribution in [-0.2, 0) is 20.4 Å². The summed E-state index contributed by atoms with van der Waals surface area (Å²) >= 11 is 0. The quantitative estimate of drug-likeness (QED) is 0.142. The second-order valence-electron chi connectivity index (χ2n) is 12.9. The van der Waals surface area contributed by atoms with E-state index in [-0.39, 0.29) is 11.6 Å². The largest absolute Gasteiger partial charge is 0.307 e. The fourth-order valence-electron chi connectivity index (χ4n) is 6.42. The number of benzene rings is 4. The summed E-state index contributed by atoms with van der Waals surface area (Å²) < 4.78 is 0. The Morgan fingerprint density at radius 3 is 0.870 bits per heavy atom. The van der Waals surface area contributed by atoms with Crippen LogP contribution in [0.1, 0.15) is 75.6 Å². The van der Waals surface area contributed by atoms with Crippen molar-refractivity contribution in [2.75, 3.05) is 28.2 Å². The fraction of sp³-hybridized carbons (Fsp3) is 0.381. The number of hydrogen-bond donors (Lipinski definition) is 0. The van der Waals surface area contributed by atoms with Gasteiger partial charge in [-0.3, -0.25) is 9.59 Å². The molecule has 0 amide bonds. The third-order valence-corrected chi connectivity index (χ3v) is 9.63. The number of ketones is 2. The van der Waals surface area contributed by atoms with Gasteiger partial charge in [-0.15, -0.1) is 0 Å². The monoisotopic (exact) mass is 618 g/mol. The van der Waals surface area contributed by atoms with Crippen LogP contribution in [0, 0.1) is 0 Å². The third-order valence-electron chi connectivity index (χ3n) is 9.63. The highest BCUT2D eigenvalue weighted by molar-refractivity contribution is 5.94. The molecule has 0 unspecified atom stereocenters. The van der Waals surface area contributed by atoms with Crippen molar-refractivity contribution in [3.05, 3.63) is 144 Å². The van der Waals surface area contributed by atoms with Gasteiger partial charge in [0.1, 0.15) is 11.6 Å². The lowest BCUT2D eigenvalue weighted by molar-refractivity contribution is -0.124. The molecule has 0 radical (unpaired) electrons. The number of hydrogen-bond acceptors (Lipinski definition) is 4. The smallest absolute Gasteiger partial charge is 0.147 e. The second-order valence-corrected chi connectivity index (χ2v) is 12.9. The first-order valence-electron chi connectivity index (χ1n) is 16.7. The molecule has 0 aliphatic carbocycles. The summed E-state index contributed by atoms with van der Waals surface area (Å²) in [5, 5.41) is 0. The molecule has 46 heavy (non-hydrogen) atoms. The van der Waals surface area contributed by atoms with Crippen LogP contribution < -0.4 is 0 Å². The summed E-state index contributed by atoms with van der Waals surface area (Å²) in [6.07, 6.45) is 2.62. The molecule has 0 heterocycles. The minimum Gasteiger partial charge on any atom is -0.307 e. The van der Waals surface area contributed by atoms with Gasteiger partial charge in [0.2, 0.25) is 0 Å². The molecule has 4 rings (SSSR count). The van der Waals surface area contributed by atoms with Crippen LogP contribution in [0.5, 0.6) is 0 Å². The van der Waals surface area contributed by atoms with Gasteiger partial charge in [-0.1, -0.05) is 135 Å². The van der Waals surface area contributed by atoms with Gasteiger partial charge in [0, 0.05) is 24.9 Å². The summed E-state index contributed by atoms with van der Waals surface area (Å²) in [5.74, 6) is 0.562. The molecule has 0 saturated carbocycles. The Hall–Kier alpha value is -3.86. The first-order valence-corrected chi connectivity index (χ1v) is 16.7. The summed E-state index contributed by atoms with van der Waals surface area (Å²) in [4.78, 5) is 30.7. The first kappa shape index (κ1) is 36.6. The third kappa shape index (κ3) is 8.29. The summed E-state index contributed by atoms with van der Waals surface area (Å²) in [6, 6.07) is 41.5. The molecule has 0 N–H and O–H groups in total. The second kappa shape index (κ2) is 17.2. The lowest BCUT2D eigenvalue weighted by Crippen LogP contribution is -2.42. The molecule has 0 aliphatic heterocycles. The van der Waals surface area contributed by atoms with Crippen molar-refractivity contribution in [2.24, 2.45) is 0 Å². The Morgan fingerprint density at radius 1 is 0.478 bits per heavy atom. The van der Waals surface area contributed by atoms with Crippen LogP contribution in [-0.4, -0.2) is 61.6 Å². The van der Waals surface area contributed by atoms with Gasteiger partial charge in [-0.2, -0.15) is 0 Å². The number of carbonyl (C=O) groups is 2. The minimum absolute atomic E-state index is 0.281. The highest BCUT2D eigenvalue weighted by Crippen LogP contribution is 2.40. The summed E-state index contributed by atoms with van der Waals surface area (Å²) in [6.45, 7) is 8.29. The Morgan fingerprint density at radius 2 is 0.696 bits per heavy atom. The minimum atomic E-state index is -0.582. The van der Waals surface area contributed by atoms with E-state index in [1.807, 2.05) is 86.6 Å². The summed E-state index contributed by atoms with van der Waals surface area (Å²) in [7, 11) is 8.29. The molecular weight excluding hydrogens is 564 g/mol. The van der Waals surface area contributed by atoms with Gasteiger partial charge in [0.25, 0.3) is 0 Å². The first-order chi connectivity index (χ1) is 22.0. The molecule has 0 saturated heterocycles. The topological polar surface area (TPSA) is 40.6 Å². The molecule has 4 heteroatoms. The lowest BCUT2D eigenvalue weighted by Gasteiger charge is -2.37. The molecule has 4 nitrogen and oxygen atoms in total. The van der Waals surface area contributed by atoms with Gasteiger partial charge in [0.05, 0.1) is 10.8 Å². The Kier molecular flexibility index (Phi) is 13.7. The number of rotatable bonds is 14.